The van der Waals surface area contributed by atoms with E-state index in [0.717, 1.165) is 45.0 Å². The number of rotatable bonds is 4. The second-order valence-corrected chi connectivity index (χ2v) is 7.58. The number of hydrogen-bond donors (Lipinski definition) is 1. The number of nitrogens with one attached hydrogen (secondary N) is 1. The SMILES string of the molecule is CN=C(NCc1cccc(CN2CCCC2=O)c1)N1CCc2ccccc2C1.I. The molecule has 0 radical (unpaired) electrons. The van der Waals surface area contributed by atoms with Gasteiger partial charge in [-0.15, -0.1) is 24.0 Å². The highest BCUT2D eigenvalue weighted by Crippen LogP contribution is 2.19. The molecule has 2 aliphatic rings. The molecule has 0 bridgehead atoms. The second kappa shape index (κ2) is 10.1. The van der Waals surface area contributed by atoms with Crippen LogP contribution in [0.4, 0.5) is 0 Å². The standard InChI is InChI=1S/C23H28N4O.HI/c1-24-23(27-13-11-20-8-2-3-9-21(20)17-27)25-15-18-6-4-7-19(14-18)16-26-12-5-10-22(26)28;/h2-4,6-9,14H,5,10-13,15-17H2,1H3,(H,24,25);1H. The van der Waals surface area contributed by atoms with Crippen LogP contribution in [0.25, 0.3) is 0 Å². The second-order valence-electron chi connectivity index (χ2n) is 7.58. The van der Waals surface area contributed by atoms with Crippen molar-refractivity contribution < 1.29 is 4.79 Å². The van der Waals surface area contributed by atoms with Crippen molar-refractivity contribution >= 4 is 35.8 Å². The van der Waals surface area contributed by atoms with Crippen molar-refractivity contribution in [1.29, 1.82) is 0 Å². The molecule has 1 saturated heterocycles. The summed E-state index contributed by atoms with van der Waals surface area (Å²) in [7, 11) is 1.85. The first-order valence-corrected chi connectivity index (χ1v) is 10.1. The number of nitrogens with zero attached hydrogens (tertiary/aromatic N) is 3. The molecular weight excluding hydrogens is 475 g/mol. The molecule has 0 atom stereocenters. The zero-order valence-corrected chi connectivity index (χ0v) is 19.3. The van der Waals surface area contributed by atoms with Crippen LogP contribution in [0.15, 0.2) is 53.5 Å². The third-order valence-corrected chi connectivity index (χ3v) is 5.63. The summed E-state index contributed by atoms with van der Waals surface area (Å²) in [6, 6.07) is 17.1. The van der Waals surface area contributed by atoms with Gasteiger partial charge < -0.3 is 15.1 Å². The minimum Gasteiger partial charge on any atom is -0.352 e. The highest BCUT2D eigenvalue weighted by molar-refractivity contribution is 14.0. The maximum Gasteiger partial charge on any atom is 0.222 e. The van der Waals surface area contributed by atoms with Gasteiger partial charge in [-0.05, 0) is 35.1 Å². The third-order valence-electron chi connectivity index (χ3n) is 5.63. The molecule has 154 valence electrons. The third kappa shape index (κ3) is 5.29. The van der Waals surface area contributed by atoms with Crippen LogP contribution < -0.4 is 5.32 Å². The largest absolute Gasteiger partial charge is 0.352 e. The lowest BCUT2D eigenvalue weighted by molar-refractivity contribution is -0.128. The molecular formula is C23H29IN4O. The average Bonchev–Trinajstić information content (AvgIpc) is 3.13. The van der Waals surface area contributed by atoms with E-state index in [4.69, 9.17) is 0 Å². The van der Waals surface area contributed by atoms with Crippen LogP contribution in [-0.4, -0.2) is 41.8 Å². The lowest BCUT2D eigenvalue weighted by Gasteiger charge is -2.31. The van der Waals surface area contributed by atoms with Gasteiger partial charge in [0.05, 0.1) is 0 Å². The Kier molecular flexibility index (Phi) is 7.52. The number of hydrogen-bond acceptors (Lipinski definition) is 2. The van der Waals surface area contributed by atoms with E-state index in [-0.39, 0.29) is 29.9 Å². The van der Waals surface area contributed by atoms with E-state index in [1.807, 2.05) is 11.9 Å². The summed E-state index contributed by atoms with van der Waals surface area (Å²) in [6.45, 7) is 4.20. The van der Waals surface area contributed by atoms with E-state index < -0.39 is 0 Å². The summed E-state index contributed by atoms with van der Waals surface area (Å²) in [4.78, 5) is 20.6. The molecule has 1 N–H and O–H groups in total. The summed E-state index contributed by atoms with van der Waals surface area (Å²) in [6.07, 6.45) is 2.72. The van der Waals surface area contributed by atoms with Crippen molar-refractivity contribution in [3.05, 3.63) is 70.8 Å². The number of carbonyl (C=O) groups is 1. The molecule has 0 saturated carbocycles. The van der Waals surface area contributed by atoms with E-state index in [9.17, 15) is 4.79 Å². The first kappa shape index (κ1) is 21.6. The highest BCUT2D eigenvalue weighted by atomic mass is 127. The fourth-order valence-corrected chi connectivity index (χ4v) is 4.12. The summed E-state index contributed by atoms with van der Waals surface area (Å²) >= 11 is 0. The molecule has 0 unspecified atom stereocenters. The minimum atomic E-state index is 0. The van der Waals surface area contributed by atoms with Gasteiger partial charge in [-0.2, -0.15) is 0 Å². The summed E-state index contributed by atoms with van der Waals surface area (Å²) < 4.78 is 0. The van der Waals surface area contributed by atoms with Gasteiger partial charge in [0, 0.05) is 46.2 Å². The van der Waals surface area contributed by atoms with Crippen LogP contribution in [0.2, 0.25) is 0 Å². The van der Waals surface area contributed by atoms with Gasteiger partial charge in [0.25, 0.3) is 0 Å². The van der Waals surface area contributed by atoms with Crippen LogP contribution in [0.3, 0.4) is 0 Å². The van der Waals surface area contributed by atoms with Gasteiger partial charge in [0.2, 0.25) is 5.91 Å². The van der Waals surface area contributed by atoms with Gasteiger partial charge in [0.1, 0.15) is 0 Å². The lowest BCUT2D eigenvalue weighted by Crippen LogP contribution is -2.43. The van der Waals surface area contributed by atoms with E-state index in [2.05, 4.69) is 63.7 Å². The molecule has 4 rings (SSSR count). The predicted octanol–water partition coefficient (Wildman–Crippen LogP) is 3.56. The summed E-state index contributed by atoms with van der Waals surface area (Å²) in [5.74, 6) is 1.21. The molecule has 6 heteroatoms. The average molecular weight is 504 g/mol. The summed E-state index contributed by atoms with van der Waals surface area (Å²) in [5.41, 5.74) is 5.23. The Labute approximate surface area is 190 Å². The molecule has 0 aromatic heterocycles. The Hall–Kier alpha value is -2.09. The van der Waals surface area contributed by atoms with E-state index in [0.29, 0.717) is 13.0 Å². The molecule has 0 aliphatic carbocycles. The molecule has 1 amide bonds. The molecule has 0 spiro atoms. The molecule has 2 aromatic carbocycles. The van der Waals surface area contributed by atoms with Crippen LogP contribution >= 0.6 is 24.0 Å². The van der Waals surface area contributed by atoms with Crippen molar-refractivity contribution in [1.82, 2.24) is 15.1 Å². The Morgan fingerprint density at radius 3 is 2.59 bits per heavy atom. The molecule has 5 nitrogen and oxygen atoms in total. The summed E-state index contributed by atoms with van der Waals surface area (Å²) in [5, 5.41) is 3.51. The number of benzene rings is 2. The zero-order valence-electron chi connectivity index (χ0n) is 16.9. The minimum absolute atomic E-state index is 0. The Bertz CT molecular complexity index is 883. The van der Waals surface area contributed by atoms with Gasteiger partial charge in [-0.3, -0.25) is 9.79 Å². The lowest BCUT2D eigenvalue weighted by atomic mass is 10.0. The number of halogens is 1. The maximum atomic E-state index is 11.9. The van der Waals surface area contributed by atoms with Crippen molar-refractivity contribution in [3.63, 3.8) is 0 Å². The number of fused-ring (bicyclic) bond motifs is 1. The van der Waals surface area contributed by atoms with Gasteiger partial charge in [-0.1, -0.05) is 48.5 Å². The fraction of sp³-hybridized carbons (Fsp3) is 0.391. The monoisotopic (exact) mass is 504 g/mol. The zero-order chi connectivity index (χ0) is 19.3. The number of carbonyl (C=O) groups excluding carboxylic acids is 1. The van der Waals surface area contributed by atoms with Crippen LogP contribution in [-0.2, 0) is 30.8 Å². The normalized spacial score (nSPS) is 16.4. The van der Waals surface area contributed by atoms with Crippen LogP contribution in [0.5, 0.6) is 0 Å². The van der Waals surface area contributed by atoms with Crippen molar-refractivity contribution in [2.24, 2.45) is 4.99 Å². The fourth-order valence-electron chi connectivity index (χ4n) is 4.12. The Balaban J connectivity index is 0.00000240. The van der Waals surface area contributed by atoms with E-state index in [1.165, 1.54) is 22.3 Å². The van der Waals surface area contributed by atoms with Gasteiger partial charge in [-0.25, -0.2) is 0 Å². The maximum absolute atomic E-state index is 11.9. The Morgan fingerprint density at radius 2 is 1.83 bits per heavy atom. The number of aliphatic imine (C=N–C) groups is 1. The number of likely N-dealkylation sites (tertiary alicyclic amines) is 1. The number of amides is 1. The molecule has 1 fully saturated rings. The molecule has 29 heavy (non-hydrogen) atoms. The van der Waals surface area contributed by atoms with Crippen molar-refractivity contribution in [2.75, 3.05) is 20.1 Å². The van der Waals surface area contributed by atoms with Gasteiger partial charge >= 0.3 is 0 Å². The van der Waals surface area contributed by atoms with Gasteiger partial charge in [0.15, 0.2) is 5.96 Å². The number of guanidine groups is 1. The van der Waals surface area contributed by atoms with Crippen LogP contribution in [0.1, 0.15) is 35.1 Å². The first-order chi connectivity index (χ1) is 13.7. The van der Waals surface area contributed by atoms with Crippen LogP contribution in [0, 0.1) is 0 Å². The molecule has 2 heterocycles. The molecule has 2 aliphatic heterocycles. The first-order valence-electron chi connectivity index (χ1n) is 10.1. The van der Waals surface area contributed by atoms with E-state index >= 15 is 0 Å². The molecule has 2 aromatic rings. The van der Waals surface area contributed by atoms with Crippen molar-refractivity contribution in [2.45, 2.75) is 38.9 Å². The predicted molar refractivity (Wildman–Crippen MR) is 127 cm³/mol. The quantitative estimate of drug-likeness (QED) is 0.394. The smallest absolute Gasteiger partial charge is 0.222 e. The van der Waals surface area contributed by atoms with E-state index in [1.54, 1.807) is 0 Å². The van der Waals surface area contributed by atoms with Crippen molar-refractivity contribution in [3.8, 4) is 0 Å². The topological polar surface area (TPSA) is 47.9 Å². The highest BCUT2D eigenvalue weighted by Gasteiger charge is 2.20. The Morgan fingerprint density at radius 1 is 1.03 bits per heavy atom.